The maximum absolute atomic E-state index is 8.96. The molecule has 2 aromatic rings. The highest BCUT2D eigenvalue weighted by molar-refractivity contribution is 7.10. The number of morpholine rings is 1. The molecule has 0 bridgehead atoms. The summed E-state index contributed by atoms with van der Waals surface area (Å²) in [4.78, 5) is 8.09. The molecule has 1 N–H and O–H groups in total. The first-order valence-electron chi connectivity index (χ1n) is 7.76. The summed E-state index contributed by atoms with van der Waals surface area (Å²) in [6.07, 6.45) is 0.256. The first kappa shape index (κ1) is 15.9. The van der Waals surface area contributed by atoms with E-state index in [-0.39, 0.29) is 12.1 Å². The highest BCUT2D eigenvalue weighted by Gasteiger charge is 2.26. The van der Waals surface area contributed by atoms with Crippen LogP contribution < -0.4 is 5.32 Å². The van der Waals surface area contributed by atoms with Crippen LogP contribution in [0.3, 0.4) is 0 Å². The number of nitrogens with zero attached hydrogens (tertiary/aromatic N) is 3. The Hall–Kier alpha value is -1.94. The van der Waals surface area contributed by atoms with Crippen LogP contribution in [0.25, 0.3) is 0 Å². The van der Waals surface area contributed by atoms with Gasteiger partial charge in [-0.15, -0.1) is 11.3 Å². The van der Waals surface area contributed by atoms with Crippen LogP contribution in [-0.4, -0.2) is 42.2 Å². The summed E-state index contributed by atoms with van der Waals surface area (Å²) in [6.45, 7) is 5.50. The predicted octanol–water partition coefficient (Wildman–Crippen LogP) is 2.89. The molecule has 1 aliphatic heterocycles. The Morgan fingerprint density at radius 3 is 3.13 bits per heavy atom. The van der Waals surface area contributed by atoms with Gasteiger partial charge in [0.2, 0.25) is 0 Å². The molecule has 120 valence electrons. The van der Waals surface area contributed by atoms with Crippen LogP contribution in [0.1, 0.15) is 23.5 Å². The molecule has 0 amide bonds. The first-order valence-corrected chi connectivity index (χ1v) is 8.64. The molecule has 3 heterocycles. The van der Waals surface area contributed by atoms with Gasteiger partial charge in [0.1, 0.15) is 17.6 Å². The van der Waals surface area contributed by atoms with Gasteiger partial charge in [-0.1, -0.05) is 12.1 Å². The standard InChI is InChI=1S/C17H20N4OS/c1-13-12-21(7-8-22-13)15(16-5-3-9-23-16)11-19-17-6-2-4-14(10-18)20-17/h2-6,9,13,15H,7-8,11-12H2,1H3,(H,19,20)/t13-,15-/m1/s1. The number of nitrogens with one attached hydrogen (secondary N) is 1. The Balaban J connectivity index is 1.72. The van der Waals surface area contributed by atoms with E-state index < -0.39 is 0 Å². The first-order chi connectivity index (χ1) is 11.3. The molecule has 0 aliphatic carbocycles. The van der Waals surface area contributed by atoms with Crippen LogP contribution in [0.4, 0.5) is 5.82 Å². The zero-order valence-electron chi connectivity index (χ0n) is 13.1. The zero-order chi connectivity index (χ0) is 16.1. The minimum atomic E-state index is 0.256. The summed E-state index contributed by atoms with van der Waals surface area (Å²) < 4.78 is 5.66. The second-order valence-electron chi connectivity index (χ2n) is 5.61. The van der Waals surface area contributed by atoms with Crippen molar-refractivity contribution in [1.82, 2.24) is 9.88 Å². The summed E-state index contributed by atoms with van der Waals surface area (Å²) in [5.74, 6) is 0.743. The van der Waals surface area contributed by atoms with Gasteiger partial charge in [0, 0.05) is 24.5 Å². The van der Waals surface area contributed by atoms with E-state index in [0.717, 1.165) is 32.1 Å². The van der Waals surface area contributed by atoms with Gasteiger partial charge in [0.15, 0.2) is 0 Å². The summed E-state index contributed by atoms with van der Waals surface area (Å²) in [5.41, 5.74) is 0.433. The van der Waals surface area contributed by atoms with Crippen LogP contribution >= 0.6 is 11.3 Å². The van der Waals surface area contributed by atoms with Crippen LogP contribution in [0, 0.1) is 11.3 Å². The lowest BCUT2D eigenvalue weighted by atomic mass is 10.1. The number of thiophene rings is 1. The molecule has 3 rings (SSSR count). The van der Waals surface area contributed by atoms with Crippen LogP contribution in [0.2, 0.25) is 0 Å². The highest BCUT2D eigenvalue weighted by Crippen LogP contribution is 2.27. The second-order valence-corrected chi connectivity index (χ2v) is 6.59. The van der Waals surface area contributed by atoms with E-state index >= 15 is 0 Å². The lowest BCUT2D eigenvalue weighted by molar-refractivity contribution is -0.0322. The Labute approximate surface area is 140 Å². The minimum absolute atomic E-state index is 0.256. The van der Waals surface area contributed by atoms with Gasteiger partial charge in [-0.05, 0) is 30.5 Å². The molecule has 0 radical (unpaired) electrons. The molecule has 0 saturated carbocycles. The molecular weight excluding hydrogens is 308 g/mol. The van der Waals surface area contributed by atoms with Crippen molar-refractivity contribution in [2.45, 2.75) is 19.1 Å². The Kier molecular flexibility index (Phi) is 5.23. The van der Waals surface area contributed by atoms with Gasteiger partial charge in [-0.25, -0.2) is 4.98 Å². The second kappa shape index (κ2) is 7.55. The predicted molar refractivity (Wildman–Crippen MR) is 91.5 cm³/mol. The molecule has 5 nitrogen and oxygen atoms in total. The number of rotatable bonds is 5. The van der Waals surface area contributed by atoms with E-state index in [1.54, 1.807) is 17.4 Å². The van der Waals surface area contributed by atoms with Crippen molar-refractivity contribution in [3.63, 3.8) is 0 Å². The molecule has 0 unspecified atom stereocenters. The number of aromatic nitrogens is 1. The molecule has 23 heavy (non-hydrogen) atoms. The zero-order valence-corrected chi connectivity index (χ0v) is 13.9. The number of pyridine rings is 1. The molecule has 1 aliphatic rings. The van der Waals surface area contributed by atoms with E-state index in [0.29, 0.717) is 5.69 Å². The van der Waals surface area contributed by atoms with Crippen LogP contribution in [0.5, 0.6) is 0 Å². The molecule has 0 aromatic carbocycles. The smallest absolute Gasteiger partial charge is 0.142 e. The Morgan fingerprint density at radius 1 is 1.48 bits per heavy atom. The molecule has 0 spiro atoms. The number of hydrogen-bond donors (Lipinski definition) is 1. The van der Waals surface area contributed by atoms with Gasteiger partial charge < -0.3 is 10.1 Å². The number of nitriles is 1. The Bertz CT molecular complexity index is 667. The van der Waals surface area contributed by atoms with Crippen molar-refractivity contribution in [2.75, 3.05) is 31.6 Å². The van der Waals surface area contributed by atoms with E-state index in [1.807, 2.05) is 12.1 Å². The molecule has 6 heteroatoms. The van der Waals surface area contributed by atoms with Crippen molar-refractivity contribution < 1.29 is 4.74 Å². The highest BCUT2D eigenvalue weighted by atomic mass is 32.1. The van der Waals surface area contributed by atoms with Gasteiger partial charge in [0.05, 0.1) is 18.8 Å². The molecule has 2 aromatic heterocycles. The fourth-order valence-electron chi connectivity index (χ4n) is 2.82. The third-order valence-corrected chi connectivity index (χ3v) is 4.90. The number of ether oxygens (including phenoxy) is 1. The number of anilines is 1. The van der Waals surface area contributed by atoms with Gasteiger partial charge in [0.25, 0.3) is 0 Å². The third kappa shape index (κ3) is 4.08. The monoisotopic (exact) mass is 328 g/mol. The maximum atomic E-state index is 8.96. The SMILES string of the molecule is C[C@@H]1CN([C@H](CNc2cccc(C#N)n2)c2cccs2)CCO1. The quantitative estimate of drug-likeness (QED) is 0.914. The molecule has 1 saturated heterocycles. The average molecular weight is 328 g/mol. The molecule has 1 fully saturated rings. The van der Waals surface area contributed by atoms with Crippen molar-refractivity contribution >= 4 is 17.2 Å². The minimum Gasteiger partial charge on any atom is -0.376 e. The summed E-state index contributed by atoms with van der Waals surface area (Å²) in [5, 5.41) is 14.5. The van der Waals surface area contributed by atoms with Crippen molar-refractivity contribution in [3.8, 4) is 6.07 Å². The van der Waals surface area contributed by atoms with E-state index in [1.165, 1.54) is 4.88 Å². The van der Waals surface area contributed by atoms with Crippen molar-refractivity contribution in [3.05, 3.63) is 46.3 Å². The average Bonchev–Trinajstić information content (AvgIpc) is 3.10. The largest absolute Gasteiger partial charge is 0.376 e. The van der Waals surface area contributed by atoms with Crippen LogP contribution in [0.15, 0.2) is 35.7 Å². The summed E-state index contributed by atoms with van der Waals surface area (Å²) >= 11 is 1.77. The van der Waals surface area contributed by atoms with Gasteiger partial charge in [-0.2, -0.15) is 5.26 Å². The third-order valence-electron chi connectivity index (χ3n) is 3.93. The lowest BCUT2D eigenvalue weighted by Gasteiger charge is -2.37. The van der Waals surface area contributed by atoms with Crippen LogP contribution in [-0.2, 0) is 4.74 Å². The molecular formula is C17H20N4OS. The lowest BCUT2D eigenvalue weighted by Crippen LogP contribution is -2.44. The molecule has 2 atom stereocenters. The van der Waals surface area contributed by atoms with Gasteiger partial charge >= 0.3 is 0 Å². The Morgan fingerprint density at radius 2 is 2.39 bits per heavy atom. The fraction of sp³-hybridized carbons (Fsp3) is 0.412. The van der Waals surface area contributed by atoms with E-state index in [4.69, 9.17) is 10.00 Å². The van der Waals surface area contributed by atoms with E-state index in [9.17, 15) is 0 Å². The van der Waals surface area contributed by atoms with E-state index in [2.05, 4.69) is 45.7 Å². The van der Waals surface area contributed by atoms with Crippen molar-refractivity contribution in [1.29, 1.82) is 5.26 Å². The fourth-order valence-corrected chi connectivity index (χ4v) is 3.68. The van der Waals surface area contributed by atoms with Gasteiger partial charge in [-0.3, -0.25) is 4.90 Å². The topological polar surface area (TPSA) is 61.2 Å². The summed E-state index contributed by atoms with van der Waals surface area (Å²) in [7, 11) is 0. The normalized spacial score (nSPS) is 19.9. The number of hydrogen-bond acceptors (Lipinski definition) is 6. The van der Waals surface area contributed by atoms with Crippen molar-refractivity contribution in [2.24, 2.45) is 0 Å². The summed E-state index contributed by atoms with van der Waals surface area (Å²) in [6, 6.07) is 12.1. The maximum Gasteiger partial charge on any atom is 0.142 e.